The van der Waals surface area contributed by atoms with Crippen molar-refractivity contribution in [2.45, 2.75) is 51.3 Å². The Balaban J connectivity index is 1.55. The molecule has 2 saturated carbocycles. The number of rotatable bonds is 5. The highest BCUT2D eigenvalue weighted by molar-refractivity contribution is 5.17. The molecule has 1 spiro atoms. The summed E-state index contributed by atoms with van der Waals surface area (Å²) in [6.45, 7) is 3.96. The summed E-state index contributed by atoms with van der Waals surface area (Å²) in [5, 5.41) is 3.74. The Labute approximate surface area is 110 Å². The molecule has 1 aromatic carbocycles. The summed E-state index contributed by atoms with van der Waals surface area (Å²) in [4.78, 5) is 0. The van der Waals surface area contributed by atoms with Crippen LogP contribution in [0.3, 0.4) is 0 Å². The molecule has 2 unspecified atom stereocenters. The lowest BCUT2D eigenvalue weighted by Gasteiger charge is -2.61. The van der Waals surface area contributed by atoms with Gasteiger partial charge in [-0.05, 0) is 31.7 Å². The Morgan fingerprint density at radius 1 is 1.28 bits per heavy atom. The van der Waals surface area contributed by atoms with Crippen LogP contribution in [0.4, 0.5) is 0 Å². The van der Waals surface area contributed by atoms with E-state index in [1.165, 1.54) is 31.2 Å². The van der Waals surface area contributed by atoms with E-state index in [2.05, 4.69) is 42.6 Å². The molecule has 1 aromatic rings. The molecule has 2 aliphatic rings. The van der Waals surface area contributed by atoms with Crippen LogP contribution in [0.2, 0.25) is 0 Å². The Bertz CT molecular complexity index is 385. The molecular weight excluding hydrogens is 222 g/mol. The molecule has 1 N–H and O–H groups in total. The van der Waals surface area contributed by atoms with E-state index in [9.17, 15) is 0 Å². The average Bonchev–Trinajstić information content (AvgIpc) is 2.32. The third kappa shape index (κ3) is 1.98. The number of benzene rings is 1. The molecule has 0 amide bonds. The molecule has 0 bridgehead atoms. The molecule has 2 atom stereocenters. The van der Waals surface area contributed by atoms with Crippen molar-refractivity contribution in [1.29, 1.82) is 0 Å². The highest BCUT2D eigenvalue weighted by Gasteiger charge is 2.58. The smallest absolute Gasteiger partial charge is 0.0661 e. The van der Waals surface area contributed by atoms with Crippen LogP contribution in [-0.2, 0) is 11.3 Å². The molecule has 2 nitrogen and oxygen atoms in total. The van der Waals surface area contributed by atoms with Gasteiger partial charge in [0.25, 0.3) is 0 Å². The summed E-state index contributed by atoms with van der Waals surface area (Å²) in [5.74, 6) is 0. The lowest BCUT2D eigenvalue weighted by Crippen LogP contribution is -2.66. The number of ether oxygens (including phenoxy) is 1. The van der Waals surface area contributed by atoms with Crippen LogP contribution in [0, 0.1) is 5.41 Å². The lowest BCUT2D eigenvalue weighted by molar-refractivity contribution is -0.173. The zero-order valence-electron chi connectivity index (χ0n) is 11.2. The Kier molecular flexibility index (Phi) is 3.40. The third-order valence-corrected chi connectivity index (χ3v) is 4.83. The maximum Gasteiger partial charge on any atom is 0.0661 e. The van der Waals surface area contributed by atoms with E-state index in [0.29, 0.717) is 17.6 Å². The van der Waals surface area contributed by atoms with Gasteiger partial charge in [-0.1, -0.05) is 36.8 Å². The molecule has 18 heavy (non-hydrogen) atoms. The second-order valence-electron chi connectivity index (χ2n) is 5.69. The summed E-state index contributed by atoms with van der Waals surface area (Å²) in [6.07, 6.45) is 5.80. The van der Waals surface area contributed by atoms with E-state index >= 15 is 0 Å². The third-order valence-electron chi connectivity index (χ3n) is 4.83. The van der Waals surface area contributed by atoms with Crippen LogP contribution in [0.15, 0.2) is 30.3 Å². The fraction of sp³-hybridized carbons (Fsp3) is 0.625. The minimum Gasteiger partial charge on any atom is -0.378 e. The first-order valence-electron chi connectivity index (χ1n) is 7.24. The first kappa shape index (κ1) is 12.2. The second-order valence-corrected chi connectivity index (χ2v) is 5.69. The first-order valence-corrected chi connectivity index (χ1v) is 7.24. The van der Waals surface area contributed by atoms with Crippen molar-refractivity contribution >= 4 is 0 Å². The lowest BCUT2D eigenvalue weighted by atomic mass is 9.51. The number of hydrogen-bond acceptors (Lipinski definition) is 2. The molecule has 2 heteroatoms. The highest BCUT2D eigenvalue weighted by atomic mass is 16.5. The van der Waals surface area contributed by atoms with Crippen LogP contribution in [0.25, 0.3) is 0 Å². The molecular formula is C16H23NO. The highest BCUT2D eigenvalue weighted by Crippen LogP contribution is 2.57. The van der Waals surface area contributed by atoms with Gasteiger partial charge in [-0.15, -0.1) is 0 Å². The first-order chi connectivity index (χ1) is 8.85. The van der Waals surface area contributed by atoms with Crippen molar-refractivity contribution in [3.8, 4) is 0 Å². The van der Waals surface area contributed by atoms with Gasteiger partial charge in [0.15, 0.2) is 0 Å². The van der Waals surface area contributed by atoms with Gasteiger partial charge < -0.3 is 10.1 Å². The molecule has 0 aliphatic heterocycles. The van der Waals surface area contributed by atoms with Gasteiger partial charge in [0.05, 0.1) is 6.10 Å². The zero-order valence-corrected chi connectivity index (χ0v) is 11.2. The normalized spacial score (nSPS) is 28.7. The van der Waals surface area contributed by atoms with Gasteiger partial charge in [-0.2, -0.15) is 0 Å². The van der Waals surface area contributed by atoms with Crippen molar-refractivity contribution in [3.63, 3.8) is 0 Å². The maximum absolute atomic E-state index is 5.88. The van der Waals surface area contributed by atoms with E-state index in [-0.39, 0.29) is 0 Å². The number of nitrogens with one attached hydrogen (secondary N) is 1. The van der Waals surface area contributed by atoms with E-state index in [4.69, 9.17) is 4.74 Å². The Hall–Kier alpha value is -0.860. The molecule has 0 heterocycles. The summed E-state index contributed by atoms with van der Waals surface area (Å²) in [5.41, 5.74) is 1.86. The topological polar surface area (TPSA) is 21.3 Å². The molecule has 98 valence electrons. The van der Waals surface area contributed by atoms with Gasteiger partial charge in [0, 0.05) is 24.6 Å². The molecule has 0 aromatic heterocycles. The van der Waals surface area contributed by atoms with Crippen LogP contribution in [-0.4, -0.2) is 18.8 Å². The Morgan fingerprint density at radius 3 is 2.67 bits per heavy atom. The predicted octanol–water partition coefficient (Wildman–Crippen LogP) is 3.12. The monoisotopic (exact) mass is 245 g/mol. The molecule has 0 saturated heterocycles. The molecule has 0 radical (unpaired) electrons. The zero-order chi connectivity index (χ0) is 12.4. The molecule has 2 aliphatic carbocycles. The summed E-state index contributed by atoms with van der Waals surface area (Å²) in [7, 11) is 0. The standard InChI is InChI=1S/C16H23NO/c1-2-18-15-11-14(16(15)9-6-10-16)17-12-13-7-4-3-5-8-13/h3-5,7-8,14-15,17H,2,6,9-12H2,1H3. The average molecular weight is 245 g/mol. The van der Waals surface area contributed by atoms with Gasteiger partial charge in [0.2, 0.25) is 0 Å². The van der Waals surface area contributed by atoms with Crippen molar-refractivity contribution in [3.05, 3.63) is 35.9 Å². The van der Waals surface area contributed by atoms with Crippen molar-refractivity contribution in [1.82, 2.24) is 5.32 Å². The minimum atomic E-state index is 0.477. The minimum absolute atomic E-state index is 0.477. The van der Waals surface area contributed by atoms with Crippen LogP contribution < -0.4 is 5.32 Å². The van der Waals surface area contributed by atoms with Crippen LogP contribution in [0.1, 0.15) is 38.2 Å². The van der Waals surface area contributed by atoms with Crippen molar-refractivity contribution < 1.29 is 4.74 Å². The van der Waals surface area contributed by atoms with Gasteiger partial charge in [0.1, 0.15) is 0 Å². The van der Waals surface area contributed by atoms with Gasteiger partial charge in [-0.25, -0.2) is 0 Å². The Morgan fingerprint density at radius 2 is 2.06 bits per heavy atom. The van der Waals surface area contributed by atoms with Gasteiger partial charge in [-0.3, -0.25) is 0 Å². The predicted molar refractivity (Wildman–Crippen MR) is 73.4 cm³/mol. The summed E-state index contributed by atoms with van der Waals surface area (Å²) < 4.78 is 5.88. The molecule has 3 rings (SSSR count). The van der Waals surface area contributed by atoms with Crippen LogP contribution >= 0.6 is 0 Å². The van der Waals surface area contributed by atoms with Crippen molar-refractivity contribution in [2.75, 3.05) is 6.61 Å². The van der Waals surface area contributed by atoms with E-state index < -0.39 is 0 Å². The van der Waals surface area contributed by atoms with E-state index in [1.54, 1.807) is 0 Å². The largest absolute Gasteiger partial charge is 0.378 e. The summed E-state index contributed by atoms with van der Waals surface area (Å²) >= 11 is 0. The van der Waals surface area contributed by atoms with Gasteiger partial charge >= 0.3 is 0 Å². The second kappa shape index (κ2) is 5.02. The number of hydrogen-bond donors (Lipinski definition) is 1. The fourth-order valence-corrected chi connectivity index (χ4v) is 3.56. The fourth-order valence-electron chi connectivity index (χ4n) is 3.56. The molecule has 2 fully saturated rings. The van der Waals surface area contributed by atoms with Crippen molar-refractivity contribution in [2.24, 2.45) is 5.41 Å². The van der Waals surface area contributed by atoms with E-state index in [1.807, 2.05) is 0 Å². The SMILES string of the molecule is CCOC1CC(NCc2ccccc2)C12CCC2. The maximum atomic E-state index is 5.88. The van der Waals surface area contributed by atoms with Crippen LogP contribution in [0.5, 0.6) is 0 Å². The van der Waals surface area contributed by atoms with E-state index in [0.717, 1.165) is 13.2 Å². The quantitative estimate of drug-likeness (QED) is 0.860. The summed E-state index contributed by atoms with van der Waals surface area (Å²) in [6, 6.07) is 11.4.